The molecule has 2 aromatic rings. The molecular formula is C15H16IN3O. The minimum atomic E-state index is 0.763. The topological polar surface area (TPSA) is 47.0 Å². The second-order valence-electron chi connectivity index (χ2n) is 4.74. The molecular weight excluding hydrogens is 365 g/mol. The Labute approximate surface area is 132 Å². The van der Waals surface area contributed by atoms with Crippen LogP contribution < -0.4 is 10.1 Å². The highest BCUT2D eigenvalue weighted by Gasteiger charge is 2.14. The molecule has 0 saturated heterocycles. The first-order valence-corrected chi connectivity index (χ1v) is 7.88. The van der Waals surface area contributed by atoms with E-state index < -0.39 is 0 Å². The molecule has 0 unspecified atom stereocenters. The van der Waals surface area contributed by atoms with E-state index in [0.717, 1.165) is 52.5 Å². The molecule has 0 saturated carbocycles. The predicted octanol–water partition coefficient (Wildman–Crippen LogP) is 3.51. The number of anilines is 1. The highest BCUT2D eigenvalue weighted by Crippen LogP contribution is 2.29. The summed E-state index contributed by atoms with van der Waals surface area (Å²) in [5, 5.41) is 3.34. The van der Waals surface area contributed by atoms with Gasteiger partial charge in [-0.1, -0.05) is 6.92 Å². The lowest BCUT2D eigenvalue weighted by Gasteiger charge is -2.09. The van der Waals surface area contributed by atoms with Crippen molar-refractivity contribution in [2.75, 3.05) is 18.5 Å². The number of nitrogens with zero attached hydrogens (tertiary/aromatic N) is 2. The molecule has 1 aromatic heterocycles. The first kappa shape index (κ1) is 13.6. The summed E-state index contributed by atoms with van der Waals surface area (Å²) in [4.78, 5) is 9.08. The zero-order valence-corrected chi connectivity index (χ0v) is 13.5. The molecule has 4 nitrogen and oxygen atoms in total. The summed E-state index contributed by atoms with van der Waals surface area (Å²) < 4.78 is 6.58. The van der Waals surface area contributed by atoms with Crippen LogP contribution in [0.5, 0.6) is 5.75 Å². The molecule has 1 aliphatic rings. The van der Waals surface area contributed by atoms with Gasteiger partial charge in [-0.3, -0.25) is 0 Å². The van der Waals surface area contributed by atoms with Gasteiger partial charge in [-0.05, 0) is 52.8 Å². The van der Waals surface area contributed by atoms with Gasteiger partial charge >= 0.3 is 0 Å². The van der Waals surface area contributed by atoms with Crippen molar-refractivity contribution in [1.29, 1.82) is 0 Å². The summed E-state index contributed by atoms with van der Waals surface area (Å²) in [6, 6.07) is 6.17. The van der Waals surface area contributed by atoms with E-state index in [1.807, 2.05) is 18.3 Å². The summed E-state index contributed by atoms with van der Waals surface area (Å²) in [6.45, 7) is 3.84. The average molecular weight is 381 g/mol. The minimum Gasteiger partial charge on any atom is -0.493 e. The van der Waals surface area contributed by atoms with Crippen LogP contribution in [0.1, 0.15) is 18.9 Å². The molecule has 0 atom stereocenters. The number of hydrogen-bond acceptors (Lipinski definition) is 4. The van der Waals surface area contributed by atoms with Gasteiger partial charge in [-0.2, -0.15) is 0 Å². The van der Waals surface area contributed by atoms with Crippen LogP contribution in [-0.4, -0.2) is 23.1 Å². The number of aromatic nitrogens is 2. The van der Waals surface area contributed by atoms with E-state index in [9.17, 15) is 0 Å². The molecule has 3 rings (SSSR count). The fraction of sp³-hybridized carbons (Fsp3) is 0.333. The van der Waals surface area contributed by atoms with Gasteiger partial charge in [0.1, 0.15) is 11.6 Å². The number of fused-ring (bicyclic) bond motifs is 1. The van der Waals surface area contributed by atoms with Gasteiger partial charge in [0.05, 0.1) is 10.2 Å². The Kier molecular flexibility index (Phi) is 4.05. The molecule has 1 aliphatic heterocycles. The van der Waals surface area contributed by atoms with Gasteiger partial charge < -0.3 is 10.1 Å². The standard InChI is InChI=1S/C15H16IN3O/c1-2-6-17-15-12(16)9-18-14(19-15)11-3-4-13-10(8-11)5-7-20-13/h3-4,8-9H,2,5-7H2,1H3,(H,17,18,19). The fourth-order valence-corrected chi connectivity index (χ4v) is 2.65. The lowest BCUT2D eigenvalue weighted by atomic mass is 10.1. The van der Waals surface area contributed by atoms with Gasteiger partial charge in [-0.25, -0.2) is 9.97 Å². The van der Waals surface area contributed by atoms with Crippen molar-refractivity contribution >= 4 is 28.4 Å². The largest absolute Gasteiger partial charge is 0.493 e. The number of rotatable bonds is 4. The summed E-state index contributed by atoms with van der Waals surface area (Å²) in [5.74, 6) is 2.66. The third-order valence-electron chi connectivity index (χ3n) is 3.23. The lowest BCUT2D eigenvalue weighted by molar-refractivity contribution is 0.357. The van der Waals surface area contributed by atoms with Crippen LogP contribution >= 0.6 is 22.6 Å². The van der Waals surface area contributed by atoms with E-state index in [-0.39, 0.29) is 0 Å². The van der Waals surface area contributed by atoms with E-state index >= 15 is 0 Å². The number of hydrogen-bond donors (Lipinski definition) is 1. The smallest absolute Gasteiger partial charge is 0.161 e. The Balaban J connectivity index is 1.93. The van der Waals surface area contributed by atoms with Crippen LogP contribution in [0.25, 0.3) is 11.4 Å². The second-order valence-corrected chi connectivity index (χ2v) is 5.90. The van der Waals surface area contributed by atoms with Crippen LogP contribution in [0.4, 0.5) is 5.82 Å². The number of ether oxygens (including phenoxy) is 1. The van der Waals surface area contributed by atoms with E-state index in [2.05, 4.69) is 50.9 Å². The highest BCUT2D eigenvalue weighted by atomic mass is 127. The monoisotopic (exact) mass is 381 g/mol. The Morgan fingerprint density at radius 3 is 3.15 bits per heavy atom. The number of nitrogens with one attached hydrogen (secondary N) is 1. The SMILES string of the molecule is CCCNc1nc(-c2ccc3c(c2)CCO3)ncc1I. The van der Waals surface area contributed by atoms with Gasteiger partial charge in [-0.15, -0.1) is 0 Å². The van der Waals surface area contributed by atoms with Crippen LogP contribution in [-0.2, 0) is 6.42 Å². The Morgan fingerprint density at radius 2 is 2.30 bits per heavy atom. The molecule has 2 heterocycles. The third kappa shape index (κ3) is 2.72. The predicted molar refractivity (Wildman–Crippen MR) is 88.2 cm³/mol. The first-order chi connectivity index (χ1) is 9.78. The number of benzene rings is 1. The van der Waals surface area contributed by atoms with Crippen LogP contribution in [0.15, 0.2) is 24.4 Å². The average Bonchev–Trinajstić information content (AvgIpc) is 2.94. The maximum atomic E-state index is 5.53. The molecule has 5 heteroatoms. The van der Waals surface area contributed by atoms with Crippen molar-refractivity contribution in [3.05, 3.63) is 33.5 Å². The van der Waals surface area contributed by atoms with E-state index in [0.29, 0.717) is 0 Å². The molecule has 0 amide bonds. The van der Waals surface area contributed by atoms with E-state index in [4.69, 9.17) is 4.74 Å². The third-order valence-corrected chi connectivity index (χ3v) is 4.02. The lowest BCUT2D eigenvalue weighted by Crippen LogP contribution is -2.05. The normalized spacial score (nSPS) is 12.9. The summed E-state index contributed by atoms with van der Waals surface area (Å²) in [6.07, 6.45) is 3.91. The van der Waals surface area contributed by atoms with Crippen LogP contribution in [0.3, 0.4) is 0 Å². The van der Waals surface area contributed by atoms with Crippen molar-refractivity contribution in [3.63, 3.8) is 0 Å². The Hall–Kier alpha value is -1.37. The molecule has 0 radical (unpaired) electrons. The molecule has 1 N–H and O–H groups in total. The van der Waals surface area contributed by atoms with Gasteiger partial charge in [0.2, 0.25) is 0 Å². The fourth-order valence-electron chi connectivity index (χ4n) is 2.20. The van der Waals surface area contributed by atoms with Gasteiger partial charge in [0.15, 0.2) is 5.82 Å². The Bertz CT molecular complexity index is 631. The zero-order chi connectivity index (χ0) is 13.9. The van der Waals surface area contributed by atoms with Crippen molar-refractivity contribution in [1.82, 2.24) is 9.97 Å². The molecule has 0 bridgehead atoms. The van der Waals surface area contributed by atoms with Crippen molar-refractivity contribution in [3.8, 4) is 17.1 Å². The van der Waals surface area contributed by atoms with Gasteiger partial charge in [0.25, 0.3) is 0 Å². The molecule has 0 spiro atoms. The van der Waals surface area contributed by atoms with Crippen LogP contribution in [0, 0.1) is 3.57 Å². The molecule has 0 aliphatic carbocycles. The highest BCUT2D eigenvalue weighted by molar-refractivity contribution is 14.1. The first-order valence-electron chi connectivity index (χ1n) is 6.80. The second kappa shape index (κ2) is 5.95. The van der Waals surface area contributed by atoms with Crippen molar-refractivity contribution in [2.45, 2.75) is 19.8 Å². The zero-order valence-electron chi connectivity index (χ0n) is 11.3. The summed E-state index contributed by atoms with van der Waals surface area (Å²) >= 11 is 2.26. The van der Waals surface area contributed by atoms with Crippen LogP contribution in [0.2, 0.25) is 0 Å². The molecule has 0 fully saturated rings. The number of halogens is 1. The maximum absolute atomic E-state index is 5.53. The molecule has 104 valence electrons. The van der Waals surface area contributed by atoms with Gasteiger partial charge in [0, 0.05) is 24.7 Å². The van der Waals surface area contributed by atoms with Crippen molar-refractivity contribution in [2.24, 2.45) is 0 Å². The Morgan fingerprint density at radius 1 is 1.40 bits per heavy atom. The quantitative estimate of drug-likeness (QED) is 0.824. The minimum absolute atomic E-state index is 0.763. The molecule has 1 aromatic carbocycles. The maximum Gasteiger partial charge on any atom is 0.161 e. The van der Waals surface area contributed by atoms with E-state index in [1.165, 1.54) is 5.56 Å². The molecule has 20 heavy (non-hydrogen) atoms. The van der Waals surface area contributed by atoms with Crippen molar-refractivity contribution < 1.29 is 4.74 Å². The summed E-state index contributed by atoms with van der Waals surface area (Å²) in [5.41, 5.74) is 2.29. The van der Waals surface area contributed by atoms with E-state index in [1.54, 1.807) is 0 Å². The summed E-state index contributed by atoms with van der Waals surface area (Å²) in [7, 11) is 0.